The van der Waals surface area contributed by atoms with E-state index in [2.05, 4.69) is 22.3 Å². The number of para-hydroxylation sites is 1. The van der Waals surface area contributed by atoms with Crippen molar-refractivity contribution in [3.8, 4) is 5.75 Å². The SMILES string of the molecule is COc1ccc(F)cc1C1CCN(CCNc2ccccc2)CC1. The number of rotatable bonds is 6. The van der Waals surface area contributed by atoms with Crippen LogP contribution in [0.3, 0.4) is 0 Å². The van der Waals surface area contributed by atoms with E-state index in [9.17, 15) is 4.39 Å². The van der Waals surface area contributed by atoms with E-state index in [-0.39, 0.29) is 5.82 Å². The van der Waals surface area contributed by atoms with Crippen molar-refractivity contribution in [2.75, 3.05) is 38.6 Å². The summed E-state index contributed by atoms with van der Waals surface area (Å²) in [5.74, 6) is 1.01. The lowest BCUT2D eigenvalue weighted by Gasteiger charge is -2.32. The van der Waals surface area contributed by atoms with Crippen LogP contribution in [0.2, 0.25) is 0 Å². The molecule has 2 aromatic carbocycles. The molecule has 1 heterocycles. The van der Waals surface area contributed by atoms with Crippen molar-refractivity contribution in [2.24, 2.45) is 0 Å². The minimum atomic E-state index is -0.180. The van der Waals surface area contributed by atoms with Crippen molar-refractivity contribution in [1.82, 2.24) is 4.90 Å². The zero-order chi connectivity index (χ0) is 16.8. The van der Waals surface area contributed by atoms with Gasteiger partial charge < -0.3 is 15.0 Å². The molecule has 0 radical (unpaired) electrons. The summed E-state index contributed by atoms with van der Waals surface area (Å²) in [6, 6.07) is 15.1. The first-order chi connectivity index (χ1) is 11.8. The van der Waals surface area contributed by atoms with Crippen molar-refractivity contribution < 1.29 is 9.13 Å². The van der Waals surface area contributed by atoms with E-state index in [4.69, 9.17) is 4.74 Å². The van der Waals surface area contributed by atoms with Gasteiger partial charge in [-0.15, -0.1) is 0 Å². The quantitative estimate of drug-likeness (QED) is 0.863. The van der Waals surface area contributed by atoms with Crippen LogP contribution in [0.15, 0.2) is 48.5 Å². The molecule has 1 fully saturated rings. The number of nitrogens with zero attached hydrogens (tertiary/aromatic N) is 1. The van der Waals surface area contributed by atoms with Crippen LogP contribution < -0.4 is 10.1 Å². The predicted octanol–water partition coefficient (Wildman–Crippen LogP) is 4.13. The predicted molar refractivity (Wildman–Crippen MR) is 96.3 cm³/mol. The minimum absolute atomic E-state index is 0.180. The number of piperidine rings is 1. The van der Waals surface area contributed by atoms with Gasteiger partial charge in [-0.1, -0.05) is 18.2 Å². The van der Waals surface area contributed by atoms with Gasteiger partial charge >= 0.3 is 0 Å². The van der Waals surface area contributed by atoms with Gasteiger partial charge in [0.2, 0.25) is 0 Å². The minimum Gasteiger partial charge on any atom is -0.496 e. The molecule has 0 saturated carbocycles. The number of benzene rings is 2. The highest BCUT2D eigenvalue weighted by molar-refractivity contribution is 5.42. The van der Waals surface area contributed by atoms with Gasteiger partial charge in [0.25, 0.3) is 0 Å². The van der Waals surface area contributed by atoms with E-state index in [0.717, 1.165) is 56.0 Å². The molecule has 0 unspecified atom stereocenters. The number of ether oxygens (including phenoxy) is 1. The Morgan fingerprint density at radius 2 is 1.88 bits per heavy atom. The first-order valence-electron chi connectivity index (χ1n) is 8.61. The lowest BCUT2D eigenvalue weighted by atomic mass is 9.88. The van der Waals surface area contributed by atoms with Gasteiger partial charge in [0, 0.05) is 24.3 Å². The van der Waals surface area contributed by atoms with Crippen LogP contribution in [-0.2, 0) is 0 Å². The van der Waals surface area contributed by atoms with Crippen molar-refractivity contribution in [3.05, 3.63) is 59.9 Å². The molecule has 1 aliphatic rings. The molecule has 1 aliphatic heterocycles. The topological polar surface area (TPSA) is 24.5 Å². The standard InChI is InChI=1S/C20H25FN2O/c1-24-20-8-7-17(21)15-19(20)16-9-12-23(13-10-16)14-11-22-18-5-3-2-4-6-18/h2-8,15-16,22H,9-14H2,1H3. The molecule has 0 atom stereocenters. The molecule has 2 aromatic rings. The van der Waals surface area contributed by atoms with Crippen LogP contribution in [0.5, 0.6) is 5.75 Å². The van der Waals surface area contributed by atoms with Crippen LogP contribution >= 0.6 is 0 Å². The molecule has 128 valence electrons. The average molecular weight is 328 g/mol. The summed E-state index contributed by atoms with van der Waals surface area (Å²) >= 11 is 0. The first kappa shape index (κ1) is 16.8. The molecule has 0 amide bonds. The highest BCUT2D eigenvalue weighted by atomic mass is 19.1. The summed E-state index contributed by atoms with van der Waals surface area (Å²) < 4.78 is 19.0. The van der Waals surface area contributed by atoms with Gasteiger partial charge in [-0.2, -0.15) is 0 Å². The summed E-state index contributed by atoms with van der Waals surface area (Å²) in [6.45, 7) is 4.06. The van der Waals surface area contributed by atoms with E-state index in [1.807, 2.05) is 18.2 Å². The van der Waals surface area contributed by atoms with E-state index < -0.39 is 0 Å². The third-order valence-electron chi connectivity index (χ3n) is 4.75. The Morgan fingerprint density at radius 1 is 1.12 bits per heavy atom. The van der Waals surface area contributed by atoms with Gasteiger partial charge in [0.15, 0.2) is 0 Å². The van der Waals surface area contributed by atoms with Crippen LogP contribution in [-0.4, -0.2) is 38.2 Å². The molecule has 0 aliphatic carbocycles. The van der Waals surface area contributed by atoms with Crippen LogP contribution in [0.1, 0.15) is 24.3 Å². The highest BCUT2D eigenvalue weighted by Gasteiger charge is 2.23. The van der Waals surface area contributed by atoms with Crippen molar-refractivity contribution in [2.45, 2.75) is 18.8 Å². The first-order valence-corrected chi connectivity index (χ1v) is 8.61. The Balaban J connectivity index is 1.48. The molecule has 3 nitrogen and oxygen atoms in total. The fraction of sp³-hybridized carbons (Fsp3) is 0.400. The molecule has 4 heteroatoms. The summed E-state index contributed by atoms with van der Waals surface area (Å²) in [4.78, 5) is 2.47. The molecule has 1 saturated heterocycles. The van der Waals surface area contributed by atoms with Gasteiger partial charge in [0.05, 0.1) is 7.11 Å². The second-order valence-corrected chi connectivity index (χ2v) is 6.29. The monoisotopic (exact) mass is 328 g/mol. The molecular formula is C20H25FN2O. The summed E-state index contributed by atoms with van der Waals surface area (Å²) in [6.07, 6.45) is 2.09. The number of hydrogen-bond acceptors (Lipinski definition) is 3. The molecular weight excluding hydrogens is 303 g/mol. The molecule has 1 N–H and O–H groups in total. The summed E-state index contributed by atoms with van der Waals surface area (Å²) in [5, 5.41) is 3.45. The van der Waals surface area contributed by atoms with E-state index >= 15 is 0 Å². The Kier molecular flexibility index (Phi) is 5.70. The van der Waals surface area contributed by atoms with Gasteiger partial charge in [-0.3, -0.25) is 0 Å². The van der Waals surface area contributed by atoms with Crippen molar-refractivity contribution >= 4 is 5.69 Å². The zero-order valence-corrected chi connectivity index (χ0v) is 14.2. The normalized spacial score (nSPS) is 16.1. The van der Waals surface area contributed by atoms with Crippen molar-refractivity contribution in [3.63, 3.8) is 0 Å². The maximum absolute atomic E-state index is 13.6. The van der Waals surface area contributed by atoms with Gasteiger partial charge in [0.1, 0.15) is 11.6 Å². The number of nitrogens with one attached hydrogen (secondary N) is 1. The Bertz CT molecular complexity index is 639. The summed E-state index contributed by atoms with van der Waals surface area (Å²) in [5.41, 5.74) is 2.18. The van der Waals surface area contributed by atoms with E-state index in [1.165, 1.54) is 6.07 Å². The average Bonchev–Trinajstić information content (AvgIpc) is 2.63. The van der Waals surface area contributed by atoms with Crippen molar-refractivity contribution in [1.29, 1.82) is 0 Å². The maximum Gasteiger partial charge on any atom is 0.123 e. The third-order valence-corrected chi connectivity index (χ3v) is 4.75. The number of halogens is 1. The van der Waals surface area contributed by atoms with Crippen LogP contribution in [0.25, 0.3) is 0 Å². The number of methoxy groups -OCH3 is 1. The van der Waals surface area contributed by atoms with Gasteiger partial charge in [-0.05, 0) is 62.2 Å². The molecule has 3 rings (SSSR count). The van der Waals surface area contributed by atoms with Crippen LogP contribution in [0, 0.1) is 5.82 Å². The fourth-order valence-corrected chi connectivity index (χ4v) is 3.41. The smallest absolute Gasteiger partial charge is 0.123 e. The second kappa shape index (κ2) is 8.15. The van der Waals surface area contributed by atoms with Gasteiger partial charge in [-0.25, -0.2) is 4.39 Å². The highest BCUT2D eigenvalue weighted by Crippen LogP contribution is 2.34. The van der Waals surface area contributed by atoms with E-state index in [1.54, 1.807) is 19.2 Å². The lowest BCUT2D eigenvalue weighted by molar-refractivity contribution is 0.217. The van der Waals surface area contributed by atoms with Crippen LogP contribution in [0.4, 0.5) is 10.1 Å². The molecule has 0 bridgehead atoms. The molecule has 0 aromatic heterocycles. The van der Waals surface area contributed by atoms with E-state index in [0.29, 0.717) is 5.92 Å². The molecule has 24 heavy (non-hydrogen) atoms. The maximum atomic E-state index is 13.6. The second-order valence-electron chi connectivity index (χ2n) is 6.29. The Labute approximate surface area is 143 Å². The third kappa shape index (κ3) is 4.26. The Morgan fingerprint density at radius 3 is 2.58 bits per heavy atom. The zero-order valence-electron chi connectivity index (χ0n) is 14.2. The summed E-state index contributed by atoms with van der Waals surface area (Å²) in [7, 11) is 1.65. The number of hydrogen-bond donors (Lipinski definition) is 1. The number of anilines is 1. The number of likely N-dealkylation sites (tertiary alicyclic amines) is 1. The largest absolute Gasteiger partial charge is 0.496 e. The molecule has 0 spiro atoms. The lowest BCUT2D eigenvalue weighted by Crippen LogP contribution is -2.36. The fourth-order valence-electron chi connectivity index (χ4n) is 3.41. The Hall–Kier alpha value is -2.07.